The van der Waals surface area contributed by atoms with E-state index in [2.05, 4.69) is 0 Å². The fraction of sp³-hybridized carbons (Fsp3) is 0.667. The van der Waals surface area contributed by atoms with Crippen molar-refractivity contribution >= 4 is 8.58 Å². The highest BCUT2D eigenvalue weighted by atomic mass is 31.1. The van der Waals surface area contributed by atoms with Crippen molar-refractivity contribution in [3.8, 4) is 0 Å². The zero-order chi connectivity index (χ0) is 4.24. The zero-order valence-electron chi connectivity index (χ0n) is 3.31. The van der Waals surface area contributed by atoms with Crippen LogP contribution in [0.25, 0.3) is 0 Å². The van der Waals surface area contributed by atoms with Crippen molar-refractivity contribution in [1.82, 2.24) is 0 Å². The molecule has 6 heavy (non-hydrogen) atoms. The van der Waals surface area contributed by atoms with Gasteiger partial charge in [0.05, 0.1) is 12.7 Å². The maximum absolute atomic E-state index is 4.73. The van der Waals surface area contributed by atoms with Gasteiger partial charge in [0.2, 0.25) is 6.79 Å². The van der Waals surface area contributed by atoms with Gasteiger partial charge in [0.25, 0.3) is 0 Å². The van der Waals surface area contributed by atoms with Crippen LogP contribution in [0.15, 0.2) is 0 Å². The maximum atomic E-state index is 4.73. The van der Waals surface area contributed by atoms with Gasteiger partial charge in [-0.1, -0.05) is 8.58 Å². The third-order valence-electron chi connectivity index (χ3n) is 0.507. The first kappa shape index (κ1) is 4.51. The van der Waals surface area contributed by atoms with Crippen LogP contribution < -0.4 is 0 Å². The molecule has 1 saturated heterocycles. The Morgan fingerprint density at radius 2 is 2.00 bits per heavy atom. The Bertz CT molecular complexity index is 24.3. The van der Waals surface area contributed by atoms with E-state index in [-0.39, 0.29) is 0 Å². The minimum Gasteiger partial charge on any atom is -0.344 e. The molecule has 1 aliphatic rings. The highest BCUT2D eigenvalue weighted by Gasteiger charge is 1.95. The second kappa shape index (κ2) is 2.51. The Labute approximate surface area is 38.6 Å². The van der Waals surface area contributed by atoms with Crippen LogP contribution in [0.3, 0.4) is 0 Å². The van der Waals surface area contributed by atoms with Crippen LogP contribution in [0.4, 0.5) is 0 Å². The van der Waals surface area contributed by atoms with Crippen LogP contribution in [0, 0.1) is 6.79 Å². The second-order valence-corrected chi connectivity index (χ2v) is 2.05. The zero-order valence-corrected chi connectivity index (χ0v) is 4.31. The quantitative estimate of drug-likeness (QED) is 0.423. The third-order valence-corrected chi connectivity index (χ3v) is 1.25. The van der Waals surface area contributed by atoms with E-state index in [0.717, 1.165) is 21.3 Å². The van der Waals surface area contributed by atoms with Crippen molar-refractivity contribution < 1.29 is 9.47 Å². The Balaban J connectivity index is 2.00. The molecule has 0 aromatic heterocycles. The van der Waals surface area contributed by atoms with Crippen LogP contribution >= 0.6 is 8.58 Å². The first-order valence-electron chi connectivity index (χ1n) is 1.76. The van der Waals surface area contributed by atoms with Crippen molar-refractivity contribution in [2.75, 3.05) is 12.7 Å². The van der Waals surface area contributed by atoms with E-state index >= 15 is 0 Å². The van der Waals surface area contributed by atoms with Gasteiger partial charge in [-0.15, -0.1) is 0 Å². The van der Waals surface area contributed by atoms with E-state index in [4.69, 9.17) is 9.47 Å². The van der Waals surface area contributed by atoms with Crippen molar-refractivity contribution in [1.29, 1.82) is 0 Å². The van der Waals surface area contributed by atoms with Crippen molar-refractivity contribution in [2.45, 2.75) is 0 Å². The molecule has 1 heterocycles. The second-order valence-electron chi connectivity index (χ2n) is 0.968. The summed E-state index contributed by atoms with van der Waals surface area (Å²) in [6.45, 7) is 1.40. The standard InChI is InChI=1S/C3H6O2P/c1-4-2-6-3-5-1/h1,6H,2-3H2. The van der Waals surface area contributed by atoms with Crippen molar-refractivity contribution in [3.63, 3.8) is 0 Å². The summed E-state index contributed by atoms with van der Waals surface area (Å²) in [4.78, 5) is 0. The van der Waals surface area contributed by atoms with Gasteiger partial charge in [0.1, 0.15) is 0 Å². The van der Waals surface area contributed by atoms with Gasteiger partial charge in [-0.05, 0) is 0 Å². The van der Waals surface area contributed by atoms with E-state index in [9.17, 15) is 0 Å². The summed E-state index contributed by atoms with van der Waals surface area (Å²) in [5.74, 6) is 0. The summed E-state index contributed by atoms with van der Waals surface area (Å²) in [5, 5.41) is 0. The minimum absolute atomic E-state index is 0.826. The van der Waals surface area contributed by atoms with Crippen molar-refractivity contribution in [3.05, 3.63) is 6.79 Å². The summed E-state index contributed by atoms with van der Waals surface area (Å²) in [5.41, 5.74) is 0. The molecule has 0 bridgehead atoms. The smallest absolute Gasteiger partial charge is 0.210 e. The molecule has 1 radical (unpaired) electrons. The molecule has 0 aliphatic carbocycles. The summed E-state index contributed by atoms with van der Waals surface area (Å²) in [7, 11) is 0.826. The Morgan fingerprint density at radius 1 is 1.33 bits per heavy atom. The van der Waals surface area contributed by atoms with Crippen LogP contribution in [0.5, 0.6) is 0 Å². The fourth-order valence-corrected chi connectivity index (χ4v) is 0.731. The monoisotopic (exact) mass is 105 g/mol. The summed E-state index contributed by atoms with van der Waals surface area (Å²) in [6.07, 6.45) is 1.69. The predicted molar refractivity (Wildman–Crippen MR) is 24.5 cm³/mol. The molecule has 0 amide bonds. The normalized spacial score (nSPS) is 24.0. The van der Waals surface area contributed by atoms with Crippen LogP contribution in [0.1, 0.15) is 0 Å². The molecule has 0 spiro atoms. The molecule has 0 saturated carbocycles. The molecule has 1 rings (SSSR count). The van der Waals surface area contributed by atoms with Gasteiger partial charge in [-0.3, -0.25) is 0 Å². The van der Waals surface area contributed by atoms with Crippen LogP contribution in [0.2, 0.25) is 0 Å². The van der Waals surface area contributed by atoms with Crippen molar-refractivity contribution in [2.24, 2.45) is 0 Å². The number of rotatable bonds is 0. The minimum atomic E-state index is 0.826. The Kier molecular flexibility index (Phi) is 1.89. The third kappa shape index (κ3) is 1.21. The van der Waals surface area contributed by atoms with Crippen LogP contribution in [-0.4, -0.2) is 12.7 Å². The molecule has 0 aromatic rings. The van der Waals surface area contributed by atoms with E-state index in [1.54, 1.807) is 0 Å². The predicted octanol–water partition coefficient (Wildman–Crippen LogP) is 0.746. The average molecular weight is 105 g/mol. The summed E-state index contributed by atoms with van der Waals surface area (Å²) >= 11 is 0. The summed E-state index contributed by atoms with van der Waals surface area (Å²) < 4.78 is 9.47. The molecule has 2 nitrogen and oxygen atoms in total. The molecule has 0 aromatic carbocycles. The Morgan fingerprint density at radius 3 is 2.17 bits per heavy atom. The molecule has 1 aliphatic heterocycles. The molecule has 0 N–H and O–H groups in total. The molecular formula is C3H6O2P. The highest BCUT2D eigenvalue weighted by molar-refractivity contribution is 7.37. The fourth-order valence-electron chi connectivity index (χ4n) is 0.276. The number of hydrogen-bond acceptors (Lipinski definition) is 2. The van der Waals surface area contributed by atoms with E-state index in [1.807, 2.05) is 0 Å². The lowest BCUT2D eigenvalue weighted by atomic mass is 11.3. The molecule has 0 atom stereocenters. The van der Waals surface area contributed by atoms with Gasteiger partial charge >= 0.3 is 0 Å². The lowest BCUT2D eigenvalue weighted by Gasteiger charge is -2.08. The van der Waals surface area contributed by atoms with Gasteiger partial charge in [-0.2, -0.15) is 0 Å². The lowest BCUT2D eigenvalue weighted by molar-refractivity contribution is 0.0464. The van der Waals surface area contributed by atoms with E-state index < -0.39 is 0 Å². The number of hydrogen-bond donors (Lipinski definition) is 0. The topological polar surface area (TPSA) is 18.5 Å². The van der Waals surface area contributed by atoms with E-state index in [1.165, 1.54) is 6.79 Å². The average Bonchev–Trinajstić information content (AvgIpc) is 1.72. The van der Waals surface area contributed by atoms with Gasteiger partial charge in [0.15, 0.2) is 0 Å². The van der Waals surface area contributed by atoms with Gasteiger partial charge in [0, 0.05) is 0 Å². The first-order valence-corrected chi connectivity index (χ1v) is 3.17. The maximum Gasteiger partial charge on any atom is 0.210 e. The Hall–Kier alpha value is 0.350. The van der Waals surface area contributed by atoms with E-state index in [0.29, 0.717) is 0 Å². The highest BCUT2D eigenvalue weighted by Crippen LogP contribution is 2.15. The van der Waals surface area contributed by atoms with Gasteiger partial charge in [-0.25, -0.2) is 0 Å². The molecule has 1 fully saturated rings. The SMILES string of the molecule is [CH]1OCPCO1. The van der Waals surface area contributed by atoms with Crippen LogP contribution in [-0.2, 0) is 9.47 Å². The molecule has 0 unspecified atom stereocenters. The first-order chi connectivity index (χ1) is 3.00. The summed E-state index contributed by atoms with van der Waals surface area (Å²) in [6, 6.07) is 0. The molecule has 35 valence electrons. The number of ether oxygens (including phenoxy) is 2. The lowest BCUT2D eigenvalue weighted by Crippen LogP contribution is -1.98. The van der Waals surface area contributed by atoms with Gasteiger partial charge < -0.3 is 9.47 Å². The largest absolute Gasteiger partial charge is 0.344 e. The molecular weight excluding hydrogens is 99.0 g/mol. The molecule has 3 heteroatoms.